The van der Waals surface area contributed by atoms with Crippen LogP contribution in [0.1, 0.15) is 12.5 Å². The predicted molar refractivity (Wildman–Crippen MR) is 82.8 cm³/mol. The summed E-state index contributed by atoms with van der Waals surface area (Å²) < 4.78 is 10.3. The van der Waals surface area contributed by atoms with Gasteiger partial charge in [0.2, 0.25) is 5.88 Å². The van der Waals surface area contributed by atoms with Crippen LogP contribution in [0.5, 0.6) is 11.6 Å². The van der Waals surface area contributed by atoms with Crippen LogP contribution in [0.2, 0.25) is 5.02 Å². The van der Waals surface area contributed by atoms with Gasteiger partial charge < -0.3 is 9.47 Å². The van der Waals surface area contributed by atoms with Gasteiger partial charge in [-0.1, -0.05) is 17.7 Å². The summed E-state index contributed by atoms with van der Waals surface area (Å²) in [5.74, 6) is 0.172. The van der Waals surface area contributed by atoms with Crippen molar-refractivity contribution in [2.24, 2.45) is 0 Å². The van der Waals surface area contributed by atoms with Crippen LogP contribution in [0.15, 0.2) is 36.5 Å². The Morgan fingerprint density at radius 1 is 1.35 bits per heavy atom. The van der Waals surface area contributed by atoms with E-state index in [2.05, 4.69) is 4.98 Å². The first-order valence-corrected chi connectivity index (χ1v) is 7.09. The highest BCUT2D eigenvalue weighted by atomic mass is 35.5. The van der Waals surface area contributed by atoms with Gasteiger partial charge in [-0.25, -0.2) is 4.98 Å². The number of hydrogen-bond acceptors (Lipinski definition) is 6. The van der Waals surface area contributed by atoms with Crippen LogP contribution in [0, 0.1) is 10.1 Å². The van der Waals surface area contributed by atoms with Crippen LogP contribution in [0.4, 0.5) is 5.69 Å². The van der Waals surface area contributed by atoms with Gasteiger partial charge in [0.05, 0.1) is 23.0 Å². The molecular weight excluding hydrogens is 324 g/mol. The van der Waals surface area contributed by atoms with E-state index >= 15 is 0 Å². The molecule has 0 spiro atoms. The molecule has 2 rings (SSSR count). The van der Waals surface area contributed by atoms with E-state index in [-0.39, 0.29) is 24.0 Å². The predicted octanol–water partition coefficient (Wildman–Crippen LogP) is 3.54. The minimum atomic E-state index is -0.548. The topological polar surface area (TPSA) is 91.6 Å². The van der Waals surface area contributed by atoms with E-state index in [0.717, 1.165) is 6.20 Å². The quantitative estimate of drug-likeness (QED) is 0.455. The molecule has 0 saturated carbocycles. The summed E-state index contributed by atoms with van der Waals surface area (Å²) in [5.41, 5.74) is 0.561. The van der Waals surface area contributed by atoms with E-state index in [1.54, 1.807) is 25.1 Å². The number of nitro groups is 1. The Bertz CT molecular complexity index is 718. The summed E-state index contributed by atoms with van der Waals surface area (Å²) in [6.45, 7) is 2.05. The van der Waals surface area contributed by atoms with Crippen LogP contribution >= 0.6 is 11.6 Å². The molecule has 1 aromatic carbocycles. The number of nitrogens with zero attached hydrogens (tertiary/aromatic N) is 2. The number of benzene rings is 1. The molecule has 2 aromatic rings. The number of halogens is 1. The molecule has 0 atom stereocenters. The van der Waals surface area contributed by atoms with Gasteiger partial charge in [-0.15, -0.1) is 0 Å². The van der Waals surface area contributed by atoms with Gasteiger partial charge in [0.1, 0.15) is 11.9 Å². The lowest BCUT2D eigenvalue weighted by molar-refractivity contribution is -0.385. The third-order valence-electron chi connectivity index (χ3n) is 2.80. The normalized spacial score (nSPS) is 10.2. The second kappa shape index (κ2) is 7.55. The fourth-order valence-corrected chi connectivity index (χ4v) is 2.01. The Hall–Kier alpha value is -2.67. The third kappa shape index (κ3) is 4.65. The van der Waals surface area contributed by atoms with Crippen LogP contribution < -0.4 is 4.74 Å². The molecule has 0 aliphatic heterocycles. The molecule has 1 aromatic heterocycles. The number of esters is 1. The molecule has 7 nitrogen and oxygen atoms in total. The third-order valence-corrected chi connectivity index (χ3v) is 3.09. The van der Waals surface area contributed by atoms with E-state index in [1.165, 1.54) is 12.1 Å². The standard InChI is InChI=1S/C15H13ClN2O5/c1-2-22-15(19)8-10-3-5-13(12(16)7-10)23-14-6-4-11(9-17-14)18(20)21/h3-7,9H,2,8H2,1H3. The van der Waals surface area contributed by atoms with Gasteiger partial charge in [0.25, 0.3) is 5.69 Å². The monoisotopic (exact) mass is 336 g/mol. The van der Waals surface area contributed by atoms with Crippen molar-refractivity contribution in [3.05, 3.63) is 57.2 Å². The van der Waals surface area contributed by atoms with Gasteiger partial charge in [0, 0.05) is 12.1 Å². The lowest BCUT2D eigenvalue weighted by Gasteiger charge is -2.08. The molecule has 0 unspecified atom stereocenters. The highest BCUT2D eigenvalue weighted by Crippen LogP contribution is 2.30. The molecule has 0 aliphatic rings. The Balaban J connectivity index is 2.08. The summed E-state index contributed by atoms with van der Waals surface area (Å²) in [5, 5.41) is 10.9. The average Bonchev–Trinajstić information content (AvgIpc) is 2.51. The number of hydrogen-bond donors (Lipinski definition) is 0. The highest BCUT2D eigenvalue weighted by Gasteiger charge is 2.10. The Kier molecular flexibility index (Phi) is 5.48. The van der Waals surface area contributed by atoms with Crippen molar-refractivity contribution in [1.82, 2.24) is 4.98 Å². The molecule has 120 valence electrons. The molecule has 8 heteroatoms. The first-order valence-electron chi connectivity index (χ1n) is 6.72. The molecule has 0 radical (unpaired) electrons. The summed E-state index contributed by atoms with van der Waals surface area (Å²) in [6, 6.07) is 7.54. The number of pyridine rings is 1. The van der Waals surface area contributed by atoms with Crippen molar-refractivity contribution < 1.29 is 19.2 Å². The molecule has 0 amide bonds. The summed E-state index contributed by atoms with van der Waals surface area (Å²) >= 11 is 6.11. The molecule has 0 bridgehead atoms. The van der Waals surface area contributed by atoms with Crippen molar-refractivity contribution in [2.45, 2.75) is 13.3 Å². The second-order valence-corrected chi connectivity index (χ2v) is 4.87. The minimum absolute atomic E-state index is 0.115. The van der Waals surface area contributed by atoms with Crippen molar-refractivity contribution in [3.63, 3.8) is 0 Å². The van der Waals surface area contributed by atoms with E-state index in [0.29, 0.717) is 22.9 Å². The summed E-state index contributed by atoms with van der Waals surface area (Å²) in [4.78, 5) is 25.3. The second-order valence-electron chi connectivity index (χ2n) is 4.46. The van der Waals surface area contributed by atoms with Crippen molar-refractivity contribution >= 4 is 23.3 Å². The number of ether oxygens (including phenoxy) is 2. The first kappa shape index (κ1) is 16.7. The van der Waals surface area contributed by atoms with E-state index in [4.69, 9.17) is 21.1 Å². The molecule has 0 N–H and O–H groups in total. The average molecular weight is 337 g/mol. The zero-order valence-corrected chi connectivity index (χ0v) is 12.9. The fourth-order valence-electron chi connectivity index (χ4n) is 1.77. The number of aromatic nitrogens is 1. The van der Waals surface area contributed by atoms with E-state index in [9.17, 15) is 14.9 Å². The Morgan fingerprint density at radius 2 is 2.13 bits per heavy atom. The minimum Gasteiger partial charge on any atom is -0.466 e. The molecule has 23 heavy (non-hydrogen) atoms. The lowest BCUT2D eigenvalue weighted by atomic mass is 10.1. The zero-order valence-electron chi connectivity index (χ0n) is 12.2. The van der Waals surface area contributed by atoms with Gasteiger partial charge in [-0.3, -0.25) is 14.9 Å². The molecule has 1 heterocycles. The van der Waals surface area contributed by atoms with Gasteiger partial charge in [-0.2, -0.15) is 0 Å². The Labute approximate surface area is 137 Å². The SMILES string of the molecule is CCOC(=O)Cc1ccc(Oc2ccc([N+](=O)[O-])cn2)c(Cl)c1. The van der Waals surface area contributed by atoms with Crippen molar-refractivity contribution in [3.8, 4) is 11.6 Å². The maximum Gasteiger partial charge on any atom is 0.310 e. The Morgan fingerprint density at radius 3 is 2.70 bits per heavy atom. The smallest absolute Gasteiger partial charge is 0.310 e. The number of rotatable bonds is 6. The summed E-state index contributed by atoms with van der Waals surface area (Å²) in [7, 11) is 0. The van der Waals surface area contributed by atoms with Crippen LogP contribution in [0.25, 0.3) is 0 Å². The van der Waals surface area contributed by atoms with Gasteiger partial charge in [-0.05, 0) is 24.6 Å². The first-order chi connectivity index (χ1) is 11.0. The van der Waals surface area contributed by atoms with Crippen LogP contribution in [-0.2, 0) is 16.0 Å². The zero-order chi connectivity index (χ0) is 16.8. The van der Waals surface area contributed by atoms with Crippen LogP contribution in [0.3, 0.4) is 0 Å². The van der Waals surface area contributed by atoms with E-state index < -0.39 is 4.92 Å². The maximum absolute atomic E-state index is 11.4. The van der Waals surface area contributed by atoms with E-state index in [1.807, 2.05) is 0 Å². The van der Waals surface area contributed by atoms with Crippen LogP contribution in [-0.4, -0.2) is 22.5 Å². The highest BCUT2D eigenvalue weighted by molar-refractivity contribution is 6.32. The molecule has 0 fully saturated rings. The van der Waals surface area contributed by atoms with Gasteiger partial charge >= 0.3 is 5.97 Å². The largest absolute Gasteiger partial charge is 0.466 e. The number of carbonyl (C=O) groups excluding carboxylic acids is 1. The molecule has 0 aliphatic carbocycles. The fraction of sp³-hybridized carbons (Fsp3) is 0.200. The van der Waals surface area contributed by atoms with Gasteiger partial charge in [0.15, 0.2) is 0 Å². The van der Waals surface area contributed by atoms with Crippen molar-refractivity contribution in [2.75, 3.05) is 6.61 Å². The lowest BCUT2D eigenvalue weighted by Crippen LogP contribution is -2.07. The summed E-state index contributed by atoms with van der Waals surface area (Å²) in [6.07, 6.45) is 1.21. The molecular formula is C15H13ClN2O5. The maximum atomic E-state index is 11.4. The van der Waals surface area contributed by atoms with Crippen molar-refractivity contribution in [1.29, 1.82) is 0 Å². The number of carbonyl (C=O) groups is 1. The molecule has 0 saturated heterocycles.